The molecule has 0 amide bonds. The molecular formula is C54H39NO. The average Bonchev–Trinajstić information content (AvgIpc) is 3.81. The van der Waals surface area contributed by atoms with E-state index in [0.717, 1.165) is 28.2 Å². The van der Waals surface area contributed by atoms with Crippen LogP contribution < -0.4 is 4.90 Å². The summed E-state index contributed by atoms with van der Waals surface area (Å²) >= 11 is 0. The highest BCUT2D eigenvalue weighted by molar-refractivity contribution is 6.36. The molecule has 0 unspecified atom stereocenters. The van der Waals surface area contributed by atoms with Gasteiger partial charge in [0.1, 0.15) is 11.2 Å². The number of nitrogens with zero attached hydrogens (tertiary/aromatic N) is 1. The first-order chi connectivity index (χ1) is 27.3. The summed E-state index contributed by atoms with van der Waals surface area (Å²) < 4.78 is 6.68. The van der Waals surface area contributed by atoms with Crippen LogP contribution in [0, 0.1) is 0 Å². The zero-order valence-electron chi connectivity index (χ0n) is 31.9. The van der Waals surface area contributed by atoms with E-state index in [1.165, 1.54) is 88.0 Å². The summed E-state index contributed by atoms with van der Waals surface area (Å²) in [4.78, 5) is 2.53. The Morgan fingerprint density at radius 2 is 0.964 bits per heavy atom. The molecule has 2 heteroatoms. The van der Waals surface area contributed by atoms with E-state index in [4.69, 9.17) is 4.42 Å². The molecule has 2 nitrogen and oxygen atoms in total. The van der Waals surface area contributed by atoms with Gasteiger partial charge in [-0.2, -0.15) is 0 Å². The first-order valence-electron chi connectivity index (χ1n) is 19.8. The van der Waals surface area contributed by atoms with Gasteiger partial charge in [0.2, 0.25) is 0 Å². The first kappa shape index (κ1) is 31.7. The predicted molar refractivity (Wildman–Crippen MR) is 235 cm³/mol. The molecule has 0 atom stereocenters. The van der Waals surface area contributed by atoms with Crippen molar-refractivity contribution >= 4 is 60.5 Å². The van der Waals surface area contributed by atoms with Crippen molar-refractivity contribution in [1.82, 2.24) is 0 Å². The number of furan rings is 1. The van der Waals surface area contributed by atoms with Crippen molar-refractivity contribution in [3.8, 4) is 33.4 Å². The molecule has 266 valence electrons. The Kier molecular flexibility index (Phi) is 6.22. The Morgan fingerprint density at radius 3 is 1.62 bits per heavy atom. The quantitative estimate of drug-likeness (QED) is 0.169. The van der Waals surface area contributed by atoms with Crippen LogP contribution in [0.2, 0.25) is 0 Å². The van der Waals surface area contributed by atoms with Gasteiger partial charge in [-0.05, 0) is 120 Å². The van der Waals surface area contributed by atoms with E-state index >= 15 is 0 Å². The smallest absolute Gasteiger partial charge is 0.136 e. The molecule has 0 fully saturated rings. The van der Waals surface area contributed by atoms with Crippen LogP contribution in [0.3, 0.4) is 0 Å². The molecule has 0 bridgehead atoms. The van der Waals surface area contributed by atoms with Gasteiger partial charge in [-0.15, -0.1) is 0 Å². The summed E-state index contributed by atoms with van der Waals surface area (Å²) in [6.45, 7) is 9.49. The predicted octanol–water partition coefficient (Wildman–Crippen LogP) is 15.1. The second kappa shape index (κ2) is 11.0. The van der Waals surface area contributed by atoms with Crippen LogP contribution in [0.15, 0.2) is 168 Å². The fourth-order valence-electron chi connectivity index (χ4n) is 10.5. The van der Waals surface area contributed by atoms with Crippen molar-refractivity contribution in [3.05, 3.63) is 186 Å². The minimum atomic E-state index is -0.139. The molecule has 12 rings (SSSR count). The molecule has 0 aliphatic heterocycles. The van der Waals surface area contributed by atoms with E-state index in [1.54, 1.807) is 0 Å². The number of anilines is 3. The molecule has 0 saturated heterocycles. The number of rotatable bonds is 4. The second-order valence-corrected chi connectivity index (χ2v) is 16.9. The molecule has 2 aliphatic carbocycles. The topological polar surface area (TPSA) is 16.4 Å². The Morgan fingerprint density at radius 1 is 0.375 bits per heavy atom. The minimum Gasteiger partial charge on any atom is -0.456 e. The summed E-state index contributed by atoms with van der Waals surface area (Å²) in [5.74, 6) is 0. The van der Waals surface area contributed by atoms with Gasteiger partial charge >= 0.3 is 0 Å². The van der Waals surface area contributed by atoms with Gasteiger partial charge in [0.25, 0.3) is 0 Å². The van der Waals surface area contributed by atoms with E-state index in [-0.39, 0.29) is 10.8 Å². The van der Waals surface area contributed by atoms with E-state index < -0.39 is 0 Å². The lowest BCUT2D eigenvalue weighted by molar-refractivity contribution is 0.660. The van der Waals surface area contributed by atoms with E-state index in [2.05, 4.69) is 196 Å². The third-order valence-corrected chi connectivity index (χ3v) is 13.2. The monoisotopic (exact) mass is 717 g/mol. The van der Waals surface area contributed by atoms with Gasteiger partial charge in [-0.1, -0.05) is 143 Å². The summed E-state index contributed by atoms with van der Waals surface area (Å²) in [6, 6.07) is 60.9. The van der Waals surface area contributed by atoms with Crippen LogP contribution in [0.25, 0.3) is 76.9 Å². The highest BCUT2D eigenvalue weighted by Gasteiger charge is 2.38. The Balaban J connectivity index is 1.19. The molecule has 0 spiro atoms. The molecule has 0 saturated carbocycles. The van der Waals surface area contributed by atoms with Crippen molar-refractivity contribution < 1.29 is 4.42 Å². The average molecular weight is 718 g/mol. The Hall–Kier alpha value is -6.64. The normalized spacial score (nSPS) is 14.7. The van der Waals surface area contributed by atoms with Crippen molar-refractivity contribution in [1.29, 1.82) is 0 Å². The van der Waals surface area contributed by atoms with Gasteiger partial charge < -0.3 is 9.32 Å². The number of hydrogen-bond acceptors (Lipinski definition) is 2. The van der Waals surface area contributed by atoms with Crippen LogP contribution in [0.5, 0.6) is 0 Å². The maximum absolute atomic E-state index is 6.68. The zero-order chi connectivity index (χ0) is 37.5. The maximum atomic E-state index is 6.68. The lowest BCUT2D eigenvalue weighted by Gasteiger charge is -2.31. The number of fused-ring (bicyclic) bond motifs is 9. The molecule has 9 aromatic carbocycles. The minimum absolute atomic E-state index is 0.139. The van der Waals surface area contributed by atoms with Crippen LogP contribution in [0.1, 0.15) is 49.9 Å². The van der Waals surface area contributed by atoms with E-state index in [0.29, 0.717) is 0 Å². The largest absolute Gasteiger partial charge is 0.456 e. The summed E-state index contributed by atoms with van der Waals surface area (Å²) in [5.41, 5.74) is 18.2. The van der Waals surface area contributed by atoms with Crippen LogP contribution >= 0.6 is 0 Å². The standard InChI is InChI=1S/C54H39NO/c1-53(2)43-18-10-8-15-37(43)39-25-22-34(30-45(39)53)55(35-23-26-40-38-16-9-11-19-44(38)54(3,4)46(40)31-35)47-27-28-49-52-50(47)42-29-33(32-13-6-5-7-14-32)21-24-36(42)41-17-12-20-48(56-49)51(41)52/h5-31H,1-4H3. The van der Waals surface area contributed by atoms with Gasteiger partial charge in [0, 0.05) is 38.4 Å². The van der Waals surface area contributed by atoms with E-state index in [9.17, 15) is 0 Å². The molecular weight excluding hydrogens is 679 g/mol. The third kappa shape index (κ3) is 4.11. The SMILES string of the molecule is CC1(C)c2ccccc2-c2ccc(N(c3ccc4c(c3)C(C)(C)c3ccccc3-4)c3ccc4oc5cccc6c7ccc(-c8ccccc8)cc7c3c4c56)cc21. The third-order valence-electron chi connectivity index (χ3n) is 13.2. The van der Waals surface area contributed by atoms with Crippen molar-refractivity contribution in [3.63, 3.8) is 0 Å². The summed E-state index contributed by atoms with van der Waals surface area (Å²) in [6.07, 6.45) is 0. The molecule has 1 heterocycles. The molecule has 2 aliphatic rings. The Bertz CT molecular complexity index is 3150. The van der Waals surface area contributed by atoms with E-state index in [1.807, 2.05) is 0 Å². The molecule has 0 N–H and O–H groups in total. The maximum Gasteiger partial charge on any atom is 0.136 e. The molecule has 1 aromatic heterocycles. The number of benzene rings is 9. The molecule has 10 aromatic rings. The molecule has 56 heavy (non-hydrogen) atoms. The zero-order valence-corrected chi connectivity index (χ0v) is 31.9. The van der Waals surface area contributed by atoms with Crippen LogP contribution in [-0.4, -0.2) is 0 Å². The summed E-state index contributed by atoms with van der Waals surface area (Å²) in [7, 11) is 0. The summed E-state index contributed by atoms with van der Waals surface area (Å²) in [5, 5.41) is 7.25. The lowest BCUT2D eigenvalue weighted by atomic mass is 9.82. The first-order valence-corrected chi connectivity index (χ1v) is 19.8. The molecule has 0 radical (unpaired) electrons. The van der Waals surface area contributed by atoms with Crippen molar-refractivity contribution in [2.45, 2.75) is 38.5 Å². The van der Waals surface area contributed by atoms with Gasteiger partial charge in [0.15, 0.2) is 0 Å². The van der Waals surface area contributed by atoms with Crippen LogP contribution in [0.4, 0.5) is 17.1 Å². The van der Waals surface area contributed by atoms with Crippen molar-refractivity contribution in [2.75, 3.05) is 4.90 Å². The second-order valence-electron chi connectivity index (χ2n) is 16.9. The lowest BCUT2D eigenvalue weighted by Crippen LogP contribution is -2.18. The highest BCUT2D eigenvalue weighted by atomic mass is 16.3. The van der Waals surface area contributed by atoms with Gasteiger partial charge in [-0.3, -0.25) is 0 Å². The van der Waals surface area contributed by atoms with Crippen molar-refractivity contribution in [2.24, 2.45) is 0 Å². The fourth-order valence-corrected chi connectivity index (χ4v) is 10.5. The fraction of sp³-hybridized carbons (Fsp3) is 0.111. The van der Waals surface area contributed by atoms with Crippen LogP contribution in [-0.2, 0) is 10.8 Å². The number of hydrogen-bond donors (Lipinski definition) is 0. The Labute approximate surface area is 326 Å². The van der Waals surface area contributed by atoms with Gasteiger partial charge in [0.05, 0.1) is 5.69 Å². The highest BCUT2D eigenvalue weighted by Crippen LogP contribution is 2.55. The van der Waals surface area contributed by atoms with Gasteiger partial charge in [-0.25, -0.2) is 0 Å².